The van der Waals surface area contributed by atoms with Gasteiger partial charge in [-0.15, -0.1) is 21.2 Å². The van der Waals surface area contributed by atoms with Crippen LogP contribution >= 0.6 is 11.8 Å². The molecule has 2 aromatic heterocycles. The van der Waals surface area contributed by atoms with Gasteiger partial charge in [0, 0.05) is 30.0 Å². The summed E-state index contributed by atoms with van der Waals surface area (Å²) in [6, 6.07) is 18.0. The lowest BCUT2D eigenvalue weighted by atomic mass is 10.2. The third kappa shape index (κ3) is 8.09. The number of aromatic nitrogens is 3. The minimum absolute atomic E-state index is 0.0643. The van der Waals surface area contributed by atoms with E-state index in [1.54, 1.807) is 42.2 Å². The standard InChI is InChI=1S/C27H28N4O7S/c1-29(2)14-15-30-27(34)31(38-26(33)13-12-25(32)37-30)21-10-8-20(9-11-21)23-18-28-24(36-23)19-39-17-16-35-22-6-4-3-5-7-22/h3-13,18H,14-17,19H2,1-2H3. The van der Waals surface area contributed by atoms with E-state index in [9.17, 15) is 14.4 Å². The highest BCUT2D eigenvalue weighted by atomic mass is 32.2. The summed E-state index contributed by atoms with van der Waals surface area (Å²) < 4.78 is 23.5. The van der Waals surface area contributed by atoms with E-state index >= 15 is 0 Å². The van der Waals surface area contributed by atoms with Crippen LogP contribution in [-0.2, 0) is 12.3 Å². The number of nitrogens with zero attached hydrogens (tertiary/aromatic N) is 4. The first-order valence-corrected chi connectivity index (χ1v) is 13.2. The van der Waals surface area contributed by atoms with Crippen molar-refractivity contribution in [2.45, 2.75) is 12.3 Å². The van der Waals surface area contributed by atoms with Gasteiger partial charge in [-0.05, 0) is 50.5 Å². The molecule has 0 aliphatic rings. The first kappa shape index (κ1) is 27.7. The van der Waals surface area contributed by atoms with Crippen molar-refractivity contribution in [1.82, 2.24) is 19.4 Å². The maximum Gasteiger partial charge on any atom is 0.391 e. The molecule has 0 fully saturated rings. The van der Waals surface area contributed by atoms with Crippen molar-refractivity contribution in [1.29, 1.82) is 0 Å². The van der Waals surface area contributed by atoms with E-state index in [1.807, 2.05) is 49.3 Å². The van der Waals surface area contributed by atoms with Gasteiger partial charge in [-0.3, -0.25) is 0 Å². The number of rotatable bonds is 11. The van der Waals surface area contributed by atoms with Gasteiger partial charge in [0.2, 0.25) is 5.89 Å². The highest BCUT2D eigenvalue weighted by molar-refractivity contribution is 7.98. The van der Waals surface area contributed by atoms with E-state index in [2.05, 4.69) is 4.98 Å². The molecule has 0 bridgehead atoms. The van der Waals surface area contributed by atoms with Gasteiger partial charge in [-0.25, -0.2) is 19.4 Å². The molecule has 0 amide bonds. The summed E-state index contributed by atoms with van der Waals surface area (Å²) in [5.74, 6) is 3.33. The largest absolute Gasteiger partial charge is 0.493 e. The third-order valence-corrected chi connectivity index (χ3v) is 6.19. The third-order valence-electron chi connectivity index (χ3n) is 5.28. The molecular formula is C27H28N4O7S. The van der Waals surface area contributed by atoms with Crippen molar-refractivity contribution in [3.8, 4) is 22.8 Å². The summed E-state index contributed by atoms with van der Waals surface area (Å²) in [7, 11) is 3.63. The Labute approximate surface area is 227 Å². The quantitative estimate of drug-likeness (QED) is 0.256. The number of benzene rings is 2. The van der Waals surface area contributed by atoms with Crippen LogP contribution in [0.3, 0.4) is 0 Å². The van der Waals surface area contributed by atoms with Crippen LogP contribution in [0.15, 0.2) is 101 Å². The minimum Gasteiger partial charge on any atom is -0.493 e. The van der Waals surface area contributed by atoms with Crippen molar-refractivity contribution in [3.63, 3.8) is 0 Å². The average molecular weight is 553 g/mol. The van der Waals surface area contributed by atoms with Gasteiger partial charge in [0.15, 0.2) is 5.76 Å². The van der Waals surface area contributed by atoms with Gasteiger partial charge in [0.05, 0.1) is 30.8 Å². The topological polar surface area (TPSA) is 126 Å². The first-order chi connectivity index (χ1) is 18.9. The highest BCUT2D eigenvalue weighted by Gasteiger charge is 2.10. The van der Waals surface area contributed by atoms with E-state index < -0.39 is 16.9 Å². The molecule has 0 unspecified atom stereocenters. The van der Waals surface area contributed by atoms with E-state index in [0.29, 0.717) is 36.1 Å². The zero-order chi connectivity index (χ0) is 27.6. The maximum atomic E-state index is 13.2. The van der Waals surface area contributed by atoms with Gasteiger partial charge in [-0.2, -0.15) is 0 Å². The Morgan fingerprint density at radius 1 is 0.923 bits per heavy atom. The molecular weight excluding hydrogens is 524 g/mol. The molecule has 0 spiro atoms. The Morgan fingerprint density at radius 2 is 1.64 bits per heavy atom. The Hall–Kier alpha value is -4.29. The number of hydrogen-bond acceptors (Lipinski definition) is 10. The van der Waals surface area contributed by atoms with Gasteiger partial charge in [0.25, 0.3) is 0 Å². The molecule has 2 aromatic carbocycles. The fourth-order valence-corrected chi connectivity index (χ4v) is 3.99. The normalized spacial score (nSPS) is 10.9. The predicted molar refractivity (Wildman–Crippen MR) is 147 cm³/mol. The van der Waals surface area contributed by atoms with E-state index in [0.717, 1.165) is 33.1 Å². The van der Waals surface area contributed by atoms with Crippen LogP contribution < -0.4 is 21.7 Å². The van der Waals surface area contributed by atoms with Gasteiger partial charge in [-0.1, -0.05) is 18.2 Å². The van der Waals surface area contributed by atoms with Gasteiger partial charge >= 0.3 is 16.9 Å². The lowest BCUT2D eigenvalue weighted by molar-refractivity contribution is 0.181. The average Bonchev–Trinajstić information content (AvgIpc) is 3.42. The Morgan fingerprint density at radius 3 is 2.36 bits per heavy atom. The second kappa shape index (κ2) is 13.5. The summed E-state index contributed by atoms with van der Waals surface area (Å²) in [4.78, 5) is 43.4. The van der Waals surface area contributed by atoms with Crippen LogP contribution in [0.25, 0.3) is 17.0 Å². The molecule has 0 saturated carbocycles. The zero-order valence-electron chi connectivity index (χ0n) is 21.5. The molecule has 4 aromatic rings. The van der Waals surface area contributed by atoms with Crippen LogP contribution in [0, 0.1) is 0 Å². The summed E-state index contributed by atoms with van der Waals surface area (Å²) in [5, 5.41) is 0. The number of oxazole rings is 1. The monoisotopic (exact) mass is 552 g/mol. The molecule has 4 rings (SSSR count). The van der Waals surface area contributed by atoms with Crippen molar-refractivity contribution < 1.29 is 18.2 Å². The molecule has 39 heavy (non-hydrogen) atoms. The SMILES string of the molecule is CN(C)CCn1oc(=O)ccc(=O)on(-c2ccc(-c3cnc(CSCCOc4ccccc4)o3)cc2)c1=O. The maximum absolute atomic E-state index is 13.2. The number of thioether (sulfide) groups is 1. The molecule has 0 aliphatic heterocycles. The molecule has 0 saturated heterocycles. The molecule has 0 aliphatic carbocycles. The smallest absolute Gasteiger partial charge is 0.391 e. The fourth-order valence-electron chi connectivity index (χ4n) is 3.34. The second-order valence-corrected chi connectivity index (χ2v) is 9.62. The fraction of sp³-hybridized carbons (Fsp3) is 0.259. The number of hydrogen-bond donors (Lipinski definition) is 0. The van der Waals surface area contributed by atoms with Crippen molar-refractivity contribution in [2.75, 3.05) is 33.0 Å². The van der Waals surface area contributed by atoms with E-state index in [4.69, 9.17) is 18.2 Å². The van der Waals surface area contributed by atoms with Gasteiger partial charge < -0.3 is 23.1 Å². The van der Waals surface area contributed by atoms with E-state index in [1.165, 1.54) is 0 Å². The molecule has 11 nitrogen and oxygen atoms in total. The van der Waals surface area contributed by atoms with Crippen molar-refractivity contribution in [3.05, 3.63) is 110 Å². The molecule has 0 N–H and O–H groups in total. The lowest BCUT2D eigenvalue weighted by Crippen LogP contribution is -2.32. The summed E-state index contributed by atoms with van der Waals surface area (Å²) in [6.07, 6.45) is 1.63. The second-order valence-electron chi connectivity index (χ2n) is 8.52. The van der Waals surface area contributed by atoms with Crippen LogP contribution in [0.1, 0.15) is 5.89 Å². The van der Waals surface area contributed by atoms with Crippen molar-refractivity contribution in [2.24, 2.45) is 0 Å². The van der Waals surface area contributed by atoms with Crippen molar-refractivity contribution >= 4 is 11.8 Å². The Balaban J connectivity index is 1.48. The first-order valence-electron chi connectivity index (χ1n) is 12.1. The van der Waals surface area contributed by atoms with Crippen LogP contribution in [0.4, 0.5) is 0 Å². The molecule has 0 atom stereocenters. The van der Waals surface area contributed by atoms with Crippen LogP contribution in [0.5, 0.6) is 5.75 Å². The summed E-state index contributed by atoms with van der Waals surface area (Å²) >= 11 is 1.64. The minimum atomic E-state index is -0.898. The Bertz CT molecular complexity index is 1580. The molecule has 2 heterocycles. The number of para-hydroxylation sites is 1. The van der Waals surface area contributed by atoms with E-state index in [-0.39, 0.29) is 12.2 Å². The summed E-state index contributed by atoms with van der Waals surface area (Å²) in [5.41, 5.74) is -1.62. The molecule has 204 valence electrons. The zero-order valence-corrected chi connectivity index (χ0v) is 22.3. The summed E-state index contributed by atoms with van der Waals surface area (Å²) in [6.45, 7) is 1.05. The lowest BCUT2D eigenvalue weighted by Gasteiger charge is -2.09. The van der Waals surface area contributed by atoms with Gasteiger partial charge in [0.1, 0.15) is 5.75 Å². The van der Waals surface area contributed by atoms with Crippen LogP contribution in [0.2, 0.25) is 0 Å². The molecule has 0 radical (unpaired) electrons. The van der Waals surface area contributed by atoms with Crippen LogP contribution in [-0.4, -0.2) is 52.4 Å². The predicted octanol–water partition coefficient (Wildman–Crippen LogP) is 3.20. The highest BCUT2D eigenvalue weighted by Crippen LogP contribution is 2.23. The number of ether oxygens (including phenoxy) is 1. The number of likely N-dealkylation sites (N-methyl/N-ethyl adjacent to an activating group) is 1. The molecule has 12 heteroatoms. The Kier molecular flexibility index (Phi) is 9.59.